The summed E-state index contributed by atoms with van der Waals surface area (Å²) in [6, 6.07) is 7.60. The molecule has 2 heterocycles. The second-order valence-electron chi connectivity index (χ2n) is 6.37. The van der Waals surface area contributed by atoms with Crippen molar-refractivity contribution >= 4 is 23.4 Å². The number of carbonyl (C=O) groups is 2. The molecule has 2 aliphatic heterocycles. The average molecular weight is 337 g/mol. The van der Waals surface area contributed by atoms with E-state index in [9.17, 15) is 9.59 Å². The van der Waals surface area contributed by atoms with E-state index in [2.05, 4.69) is 5.32 Å². The van der Waals surface area contributed by atoms with Crippen LogP contribution in [0.15, 0.2) is 24.3 Å². The van der Waals surface area contributed by atoms with Crippen LogP contribution in [0.25, 0.3) is 0 Å². The van der Waals surface area contributed by atoms with E-state index >= 15 is 0 Å². The van der Waals surface area contributed by atoms with E-state index in [0.29, 0.717) is 24.8 Å². The fourth-order valence-electron chi connectivity index (χ4n) is 3.35. The lowest BCUT2D eigenvalue weighted by Crippen LogP contribution is -2.51. The Hall–Kier alpha value is -1.59. The van der Waals surface area contributed by atoms with Crippen LogP contribution in [0.2, 0.25) is 5.02 Å². The highest BCUT2D eigenvalue weighted by Crippen LogP contribution is 2.33. The van der Waals surface area contributed by atoms with Gasteiger partial charge in [0.2, 0.25) is 11.8 Å². The first-order valence-electron chi connectivity index (χ1n) is 7.90. The van der Waals surface area contributed by atoms with Crippen molar-refractivity contribution in [3.63, 3.8) is 0 Å². The highest BCUT2D eigenvalue weighted by molar-refractivity contribution is 6.30. The van der Waals surface area contributed by atoms with Gasteiger partial charge in [-0.2, -0.15) is 0 Å². The number of benzene rings is 1. The van der Waals surface area contributed by atoms with Crippen molar-refractivity contribution in [2.24, 2.45) is 5.92 Å². The number of likely N-dealkylation sites (tertiary alicyclic amines) is 1. The van der Waals surface area contributed by atoms with Crippen molar-refractivity contribution in [1.29, 1.82) is 0 Å². The van der Waals surface area contributed by atoms with Crippen LogP contribution in [0.1, 0.15) is 24.8 Å². The van der Waals surface area contributed by atoms with Gasteiger partial charge in [0.05, 0.1) is 11.5 Å². The van der Waals surface area contributed by atoms with Crippen molar-refractivity contribution < 1.29 is 14.3 Å². The molecular weight excluding hydrogens is 316 g/mol. The molecule has 1 atom stereocenters. The lowest BCUT2D eigenvalue weighted by Gasteiger charge is -2.39. The van der Waals surface area contributed by atoms with Gasteiger partial charge in [-0.15, -0.1) is 0 Å². The van der Waals surface area contributed by atoms with Crippen molar-refractivity contribution in [3.05, 3.63) is 34.9 Å². The zero-order valence-corrected chi connectivity index (χ0v) is 13.9. The molecule has 2 aliphatic rings. The maximum Gasteiger partial charge on any atom is 0.226 e. The van der Waals surface area contributed by atoms with Crippen LogP contribution in [0.5, 0.6) is 0 Å². The Bertz CT molecular complexity index is 596. The molecule has 2 amide bonds. The van der Waals surface area contributed by atoms with Crippen LogP contribution >= 0.6 is 11.6 Å². The number of carbonyl (C=O) groups excluding carboxylic acids is 2. The molecule has 1 N–H and O–H groups in total. The number of hydrogen-bond acceptors (Lipinski definition) is 3. The predicted molar refractivity (Wildman–Crippen MR) is 87.1 cm³/mol. The number of rotatable bonds is 3. The zero-order valence-electron chi connectivity index (χ0n) is 13.2. The molecule has 0 radical (unpaired) electrons. The fraction of sp³-hybridized carbons (Fsp3) is 0.529. The fourth-order valence-corrected chi connectivity index (χ4v) is 3.48. The third-order valence-electron chi connectivity index (χ3n) is 4.82. The van der Waals surface area contributed by atoms with Gasteiger partial charge < -0.3 is 15.0 Å². The van der Waals surface area contributed by atoms with Crippen molar-refractivity contribution in [1.82, 2.24) is 10.2 Å². The van der Waals surface area contributed by atoms with Gasteiger partial charge in [-0.3, -0.25) is 9.59 Å². The van der Waals surface area contributed by atoms with E-state index in [4.69, 9.17) is 16.3 Å². The molecule has 6 heteroatoms. The zero-order chi connectivity index (χ0) is 16.4. The molecule has 124 valence electrons. The van der Waals surface area contributed by atoms with Gasteiger partial charge in [-0.1, -0.05) is 23.7 Å². The van der Waals surface area contributed by atoms with E-state index < -0.39 is 5.54 Å². The Kier molecular flexibility index (Phi) is 4.60. The van der Waals surface area contributed by atoms with Crippen molar-refractivity contribution in [2.75, 3.05) is 26.8 Å². The molecule has 0 saturated carbocycles. The normalized spacial score (nSPS) is 23.8. The summed E-state index contributed by atoms with van der Waals surface area (Å²) in [6.45, 7) is 1.69. The number of nitrogens with one attached hydrogen (secondary N) is 1. The quantitative estimate of drug-likeness (QED) is 0.917. The number of amides is 2. The van der Waals surface area contributed by atoms with Crippen LogP contribution < -0.4 is 5.32 Å². The molecule has 0 bridgehead atoms. The van der Waals surface area contributed by atoms with E-state index in [1.54, 1.807) is 11.9 Å². The van der Waals surface area contributed by atoms with Crippen molar-refractivity contribution in [3.8, 4) is 0 Å². The van der Waals surface area contributed by atoms with Crippen LogP contribution in [-0.2, 0) is 19.9 Å². The topological polar surface area (TPSA) is 58.6 Å². The SMILES string of the molecule is CN1C[C@H](C(=O)NC2(c3ccc(Cl)cc3)CCOCC2)CC1=O. The Balaban J connectivity index is 1.81. The summed E-state index contributed by atoms with van der Waals surface area (Å²) in [6.07, 6.45) is 1.73. The van der Waals surface area contributed by atoms with Gasteiger partial charge in [0.1, 0.15) is 0 Å². The average Bonchev–Trinajstić information content (AvgIpc) is 2.88. The maximum atomic E-state index is 12.7. The Labute approximate surface area is 140 Å². The summed E-state index contributed by atoms with van der Waals surface area (Å²) in [5, 5.41) is 3.88. The maximum absolute atomic E-state index is 12.7. The molecule has 0 aliphatic carbocycles. The van der Waals surface area contributed by atoms with Gasteiger partial charge in [0.15, 0.2) is 0 Å². The number of halogens is 1. The van der Waals surface area contributed by atoms with E-state index in [1.165, 1.54) is 0 Å². The Morgan fingerprint density at radius 2 is 1.96 bits per heavy atom. The van der Waals surface area contributed by atoms with Crippen molar-refractivity contribution in [2.45, 2.75) is 24.8 Å². The molecule has 23 heavy (non-hydrogen) atoms. The molecular formula is C17H21ClN2O3. The molecule has 3 rings (SSSR count). The minimum absolute atomic E-state index is 0.0256. The third kappa shape index (κ3) is 3.35. The number of nitrogens with zero attached hydrogens (tertiary/aromatic N) is 1. The summed E-state index contributed by atoms with van der Waals surface area (Å²) in [7, 11) is 1.74. The largest absolute Gasteiger partial charge is 0.381 e. The van der Waals surface area contributed by atoms with Crippen LogP contribution in [0.3, 0.4) is 0 Å². The molecule has 0 unspecified atom stereocenters. The Morgan fingerprint density at radius 3 is 2.52 bits per heavy atom. The molecule has 1 aromatic rings. The van der Waals surface area contributed by atoms with Gasteiger partial charge in [0.25, 0.3) is 0 Å². The number of ether oxygens (including phenoxy) is 1. The van der Waals surface area contributed by atoms with Gasteiger partial charge in [-0.05, 0) is 30.5 Å². The van der Waals surface area contributed by atoms with Gasteiger partial charge >= 0.3 is 0 Å². The summed E-state index contributed by atoms with van der Waals surface area (Å²) in [5.74, 6) is -0.309. The highest BCUT2D eigenvalue weighted by Gasteiger charge is 2.40. The molecule has 2 saturated heterocycles. The van der Waals surface area contributed by atoms with Crippen LogP contribution in [0, 0.1) is 5.92 Å². The number of hydrogen-bond donors (Lipinski definition) is 1. The second kappa shape index (κ2) is 6.49. The molecule has 1 aromatic carbocycles. The third-order valence-corrected chi connectivity index (χ3v) is 5.07. The standard InChI is InChI=1S/C17H21ClN2O3/c1-20-11-12(10-15(20)21)16(22)19-17(6-8-23-9-7-17)13-2-4-14(18)5-3-13/h2-5,12H,6-11H2,1H3,(H,19,22)/t12-/m1/s1. The monoisotopic (exact) mass is 336 g/mol. The minimum atomic E-state index is -0.440. The van der Waals surface area contributed by atoms with E-state index in [-0.39, 0.29) is 24.2 Å². The lowest BCUT2D eigenvalue weighted by atomic mass is 9.82. The predicted octanol–water partition coefficient (Wildman–Crippen LogP) is 1.94. The highest BCUT2D eigenvalue weighted by atomic mass is 35.5. The first kappa shape index (κ1) is 16.3. The Morgan fingerprint density at radius 1 is 1.30 bits per heavy atom. The minimum Gasteiger partial charge on any atom is -0.381 e. The summed E-state index contributed by atoms with van der Waals surface area (Å²) in [4.78, 5) is 26.0. The second-order valence-corrected chi connectivity index (χ2v) is 6.80. The summed E-state index contributed by atoms with van der Waals surface area (Å²) in [5.41, 5.74) is 0.598. The first-order chi connectivity index (χ1) is 11.0. The molecule has 0 aromatic heterocycles. The first-order valence-corrected chi connectivity index (χ1v) is 8.28. The summed E-state index contributed by atoms with van der Waals surface area (Å²) < 4.78 is 5.47. The molecule has 2 fully saturated rings. The summed E-state index contributed by atoms with van der Waals surface area (Å²) >= 11 is 5.98. The van der Waals surface area contributed by atoms with E-state index in [1.807, 2.05) is 24.3 Å². The van der Waals surface area contributed by atoms with Gasteiger partial charge in [-0.25, -0.2) is 0 Å². The molecule has 0 spiro atoms. The van der Waals surface area contributed by atoms with Crippen LogP contribution in [0.4, 0.5) is 0 Å². The van der Waals surface area contributed by atoms with E-state index in [0.717, 1.165) is 18.4 Å². The smallest absolute Gasteiger partial charge is 0.226 e. The molecule has 5 nitrogen and oxygen atoms in total. The van der Waals surface area contributed by atoms with Crippen LogP contribution in [-0.4, -0.2) is 43.5 Å². The lowest BCUT2D eigenvalue weighted by molar-refractivity contribution is -0.130. The van der Waals surface area contributed by atoms with Gasteiger partial charge in [0, 0.05) is 38.2 Å².